The summed E-state index contributed by atoms with van der Waals surface area (Å²) in [5.41, 5.74) is 0.189. The maximum atomic E-state index is 13.4. The van der Waals surface area contributed by atoms with Crippen LogP contribution < -0.4 is 15.4 Å². The van der Waals surface area contributed by atoms with Gasteiger partial charge in [0.05, 0.1) is 6.61 Å². The monoisotopic (exact) mass is 402 g/mol. The van der Waals surface area contributed by atoms with Gasteiger partial charge in [0.25, 0.3) is 0 Å². The lowest BCUT2D eigenvalue weighted by Gasteiger charge is -2.15. The minimum absolute atomic E-state index is 0.0613. The Kier molecular flexibility index (Phi) is 6.54. The molecule has 0 atom stereocenters. The first-order valence-electron chi connectivity index (χ1n) is 9.22. The standard InChI is InChI=1S/C21H21F3N4O/c1-2-3-13-29-17-11-9-16(10-12-17)26-19-18(21(22,23)24)14-25-20(28-19)27-15-7-5-4-6-8-15/h4-12,14H,2-3,13H2,1H3,(H2,25,26,27,28). The number of hydrogen-bond donors (Lipinski definition) is 2. The second-order valence-electron chi connectivity index (χ2n) is 6.30. The van der Waals surface area contributed by atoms with Crippen LogP contribution in [0.2, 0.25) is 0 Å². The Morgan fingerprint density at radius 3 is 2.28 bits per heavy atom. The van der Waals surface area contributed by atoms with Crippen molar-refractivity contribution in [1.82, 2.24) is 9.97 Å². The smallest absolute Gasteiger partial charge is 0.421 e. The van der Waals surface area contributed by atoms with Crippen molar-refractivity contribution in [3.05, 3.63) is 66.4 Å². The van der Waals surface area contributed by atoms with Crippen molar-refractivity contribution in [2.24, 2.45) is 0 Å². The largest absolute Gasteiger partial charge is 0.494 e. The Labute approximate surface area is 167 Å². The van der Waals surface area contributed by atoms with E-state index in [0.717, 1.165) is 19.0 Å². The van der Waals surface area contributed by atoms with E-state index in [1.165, 1.54) is 0 Å². The van der Waals surface area contributed by atoms with E-state index in [1.807, 2.05) is 6.07 Å². The van der Waals surface area contributed by atoms with Crippen molar-refractivity contribution in [3.8, 4) is 5.75 Å². The minimum Gasteiger partial charge on any atom is -0.494 e. The molecular weight excluding hydrogens is 381 g/mol. The SMILES string of the molecule is CCCCOc1ccc(Nc2nc(Nc3ccccc3)ncc2C(F)(F)F)cc1. The fourth-order valence-corrected chi connectivity index (χ4v) is 2.50. The van der Waals surface area contributed by atoms with Crippen LogP contribution in [0.25, 0.3) is 0 Å². The summed E-state index contributed by atoms with van der Waals surface area (Å²) in [6.07, 6.45) is -1.86. The molecule has 0 aliphatic carbocycles. The van der Waals surface area contributed by atoms with Crippen LogP contribution in [0.1, 0.15) is 25.3 Å². The second kappa shape index (κ2) is 9.27. The van der Waals surface area contributed by atoms with Gasteiger partial charge in [0.2, 0.25) is 5.95 Å². The number of nitrogens with one attached hydrogen (secondary N) is 2. The number of alkyl halides is 3. The molecular formula is C21H21F3N4O. The normalized spacial score (nSPS) is 11.2. The van der Waals surface area contributed by atoms with Gasteiger partial charge in [0, 0.05) is 17.6 Å². The Morgan fingerprint density at radius 1 is 0.931 bits per heavy atom. The molecule has 0 radical (unpaired) electrons. The van der Waals surface area contributed by atoms with E-state index in [-0.39, 0.29) is 11.8 Å². The van der Waals surface area contributed by atoms with Crippen LogP contribution >= 0.6 is 0 Å². The van der Waals surface area contributed by atoms with Crippen LogP contribution in [0.3, 0.4) is 0 Å². The summed E-state index contributed by atoms with van der Waals surface area (Å²) in [4.78, 5) is 7.82. The lowest BCUT2D eigenvalue weighted by atomic mass is 10.2. The van der Waals surface area contributed by atoms with Gasteiger partial charge in [-0.15, -0.1) is 0 Å². The number of aromatic nitrogens is 2. The molecule has 3 aromatic rings. The molecule has 0 aliphatic rings. The van der Waals surface area contributed by atoms with Crippen LogP contribution in [-0.2, 0) is 6.18 Å². The quantitative estimate of drug-likeness (QED) is 0.442. The minimum atomic E-state index is -4.59. The van der Waals surface area contributed by atoms with Crippen LogP contribution in [-0.4, -0.2) is 16.6 Å². The van der Waals surface area contributed by atoms with E-state index in [4.69, 9.17) is 4.74 Å². The molecule has 1 aromatic heterocycles. The number of para-hydroxylation sites is 1. The number of hydrogen-bond acceptors (Lipinski definition) is 5. The molecule has 2 N–H and O–H groups in total. The lowest BCUT2D eigenvalue weighted by molar-refractivity contribution is -0.137. The zero-order valence-electron chi connectivity index (χ0n) is 15.8. The molecule has 0 saturated carbocycles. The van der Waals surface area contributed by atoms with Crippen LogP contribution in [0.4, 0.5) is 36.3 Å². The summed E-state index contributed by atoms with van der Waals surface area (Å²) in [5, 5.41) is 5.63. The lowest BCUT2D eigenvalue weighted by Crippen LogP contribution is -2.12. The third-order valence-electron chi connectivity index (χ3n) is 4.01. The first-order valence-corrected chi connectivity index (χ1v) is 9.22. The molecule has 0 fully saturated rings. The Balaban J connectivity index is 1.81. The third kappa shape index (κ3) is 5.84. The van der Waals surface area contributed by atoms with Gasteiger partial charge < -0.3 is 15.4 Å². The summed E-state index contributed by atoms with van der Waals surface area (Å²) in [7, 11) is 0. The number of ether oxygens (including phenoxy) is 1. The predicted octanol–water partition coefficient (Wildman–Crippen LogP) is 6.16. The fraction of sp³-hybridized carbons (Fsp3) is 0.238. The molecule has 8 heteroatoms. The zero-order chi connectivity index (χ0) is 20.7. The fourth-order valence-electron chi connectivity index (χ4n) is 2.50. The van der Waals surface area contributed by atoms with Gasteiger partial charge >= 0.3 is 6.18 Å². The third-order valence-corrected chi connectivity index (χ3v) is 4.01. The molecule has 0 spiro atoms. The van der Waals surface area contributed by atoms with Gasteiger partial charge in [-0.3, -0.25) is 0 Å². The summed E-state index contributed by atoms with van der Waals surface area (Å²) < 4.78 is 45.7. The maximum absolute atomic E-state index is 13.4. The van der Waals surface area contributed by atoms with Gasteiger partial charge in [-0.05, 0) is 42.8 Å². The number of rotatable bonds is 8. The molecule has 29 heavy (non-hydrogen) atoms. The highest BCUT2D eigenvalue weighted by Gasteiger charge is 2.35. The number of halogens is 3. The molecule has 3 rings (SSSR count). The first kappa shape index (κ1) is 20.4. The highest BCUT2D eigenvalue weighted by Crippen LogP contribution is 2.35. The molecule has 0 aliphatic heterocycles. The van der Waals surface area contributed by atoms with Gasteiger partial charge in [0.1, 0.15) is 17.1 Å². The highest BCUT2D eigenvalue weighted by atomic mass is 19.4. The number of unbranched alkanes of at least 4 members (excludes halogenated alkanes) is 1. The van der Waals surface area contributed by atoms with Crippen LogP contribution in [0.5, 0.6) is 5.75 Å². The van der Waals surface area contributed by atoms with Crippen molar-refractivity contribution in [2.75, 3.05) is 17.2 Å². The topological polar surface area (TPSA) is 59.1 Å². The molecule has 0 amide bonds. The van der Waals surface area contributed by atoms with E-state index in [9.17, 15) is 13.2 Å². The van der Waals surface area contributed by atoms with Crippen molar-refractivity contribution in [1.29, 1.82) is 0 Å². The Bertz CT molecular complexity index is 915. The average Bonchev–Trinajstić information content (AvgIpc) is 2.70. The van der Waals surface area contributed by atoms with Crippen LogP contribution in [0, 0.1) is 0 Å². The van der Waals surface area contributed by atoms with Gasteiger partial charge in [-0.1, -0.05) is 31.5 Å². The van der Waals surface area contributed by atoms with Crippen molar-refractivity contribution >= 4 is 23.1 Å². The molecule has 152 valence electrons. The molecule has 1 heterocycles. The van der Waals surface area contributed by atoms with Gasteiger partial charge in [-0.25, -0.2) is 4.98 Å². The first-order chi connectivity index (χ1) is 14.0. The average molecular weight is 402 g/mol. The highest BCUT2D eigenvalue weighted by molar-refractivity contribution is 5.63. The predicted molar refractivity (Wildman–Crippen MR) is 107 cm³/mol. The van der Waals surface area contributed by atoms with E-state index in [1.54, 1.807) is 48.5 Å². The van der Waals surface area contributed by atoms with E-state index in [0.29, 0.717) is 23.7 Å². The van der Waals surface area contributed by atoms with Crippen molar-refractivity contribution in [3.63, 3.8) is 0 Å². The van der Waals surface area contributed by atoms with Gasteiger partial charge in [-0.2, -0.15) is 18.2 Å². The maximum Gasteiger partial charge on any atom is 0.421 e. The molecule has 5 nitrogen and oxygen atoms in total. The number of benzene rings is 2. The molecule has 0 unspecified atom stereocenters. The molecule has 0 saturated heterocycles. The molecule has 0 bridgehead atoms. The van der Waals surface area contributed by atoms with Gasteiger partial charge in [0.15, 0.2) is 0 Å². The summed E-state index contributed by atoms with van der Waals surface area (Å²) in [6, 6.07) is 15.7. The van der Waals surface area contributed by atoms with Crippen molar-refractivity contribution in [2.45, 2.75) is 25.9 Å². The number of anilines is 4. The van der Waals surface area contributed by atoms with E-state index in [2.05, 4.69) is 27.5 Å². The van der Waals surface area contributed by atoms with Crippen molar-refractivity contribution < 1.29 is 17.9 Å². The molecule has 2 aromatic carbocycles. The van der Waals surface area contributed by atoms with E-state index >= 15 is 0 Å². The summed E-state index contributed by atoms with van der Waals surface area (Å²) >= 11 is 0. The Morgan fingerprint density at radius 2 is 1.62 bits per heavy atom. The van der Waals surface area contributed by atoms with Crippen LogP contribution in [0.15, 0.2) is 60.8 Å². The zero-order valence-corrected chi connectivity index (χ0v) is 15.8. The Hall–Kier alpha value is -3.29. The summed E-state index contributed by atoms with van der Waals surface area (Å²) in [5.74, 6) is 0.394. The van der Waals surface area contributed by atoms with E-state index < -0.39 is 11.7 Å². The summed E-state index contributed by atoms with van der Waals surface area (Å²) in [6.45, 7) is 2.67. The number of nitrogens with zero attached hydrogens (tertiary/aromatic N) is 2. The second-order valence-corrected chi connectivity index (χ2v) is 6.30.